The first kappa shape index (κ1) is 12.2. The minimum absolute atomic E-state index is 0.0347. The van der Waals surface area contributed by atoms with Gasteiger partial charge >= 0.3 is 12.0 Å². The van der Waals surface area contributed by atoms with Crippen molar-refractivity contribution in [1.82, 2.24) is 19.6 Å². The molecule has 0 spiro atoms. The van der Waals surface area contributed by atoms with Gasteiger partial charge in [-0.1, -0.05) is 0 Å². The molecule has 2 unspecified atom stereocenters. The topological polar surface area (TPSA) is 78.7 Å². The number of hydrogen-bond acceptors (Lipinski definition) is 4. The largest absolute Gasteiger partial charge is 0.478 e. The van der Waals surface area contributed by atoms with Gasteiger partial charge in [0, 0.05) is 26.2 Å². The second-order valence-electron chi connectivity index (χ2n) is 5.41. The van der Waals surface area contributed by atoms with E-state index in [0.717, 1.165) is 30.9 Å². The summed E-state index contributed by atoms with van der Waals surface area (Å²) in [6.45, 7) is 3.51. The molecule has 0 radical (unpaired) electrons. The Kier molecular flexibility index (Phi) is 2.78. The number of carboxylic acid groups (broad SMARTS) is 1. The van der Waals surface area contributed by atoms with Gasteiger partial charge in [-0.25, -0.2) is 9.59 Å². The number of carbonyl (C=O) groups excluding carboxylic acids is 1. The Balaban J connectivity index is 1.70. The fourth-order valence-electron chi connectivity index (χ4n) is 3.07. The smallest absolute Gasteiger partial charge is 0.344 e. The summed E-state index contributed by atoms with van der Waals surface area (Å²) in [4.78, 5) is 27.0. The fourth-order valence-corrected chi connectivity index (χ4v) is 3.07. The summed E-state index contributed by atoms with van der Waals surface area (Å²) in [5.74, 6) is -0.00845. The van der Waals surface area contributed by atoms with Gasteiger partial charge < -0.3 is 14.9 Å². The Morgan fingerprint density at radius 1 is 1.26 bits per heavy atom. The molecule has 2 saturated heterocycles. The number of fused-ring (bicyclic) bond motifs is 1. The van der Waals surface area contributed by atoms with Crippen LogP contribution in [-0.4, -0.2) is 69.9 Å². The van der Waals surface area contributed by atoms with E-state index in [9.17, 15) is 9.59 Å². The van der Waals surface area contributed by atoms with Gasteiger partial charge in [-0.3, -0.25) is 0 Å². The predicted molar refractivity (Wildman–Crippen MR) is 66.0 cm³/mol. The molecule has 3 heterocycles. The number of aromatic nitrogens is 2. The highest BCUT2D eigenvalue weighted by Gasteiger charge is 2.40. The van der Waals surface area contributed by atoms with Crippen LogP contribution in [0.1, 0.15) is 10.4 Å². The highest BCUT2D eigenvalue weighted by atomic mass is 16.4. The summed E-state index contributed by atoms with van der Waals surface area (Å²) >= 11 is 0. The minimum atomic E-state index is -1.07. The lowest BCUT2D eigenvalue weighted by molar-refractivity contribution is 0.0697. The molecule has 1 amide bonds. The molecule has 3 rings (SSSR count). The molecule has 1 N–H and O–H groups in total. The molecule has 1 aromatic rings. The monoisotopic (exact) mass is 264 g/mol. The third kappa shape index (κ3) is 2.10. The maximum atomic E-state index is 12.2. The van der Waals surface area contributed by atoms with Crippen molar-refractivity contribution in [2.24, 2.45) is 11.8 Å². The lowest BCUT2D eigenvalue weighted by atomic mass is 10.0. The van der Waals surface area contributed by atoms with E-state index < -0.39 is 5.97 Å². The van der Waals surface area contributed by atoms with Crippen molar-refractivity contribution in [3.8, 4) is 0 Å². The molecule has 2 aliphatic heterocycles. The van der Waals surface area contributed by atoms with Crippen molar-refractivity contribution in [2.45, 2.75) is 0 Å². The van der Waals surface area contributed by atoms with Gasteiger partial charge in [-0.2, -0.15) is 9.78 Å². The molecule has 0 bridgehead atoms. The molecule has 7 heteroatoms. The maximum Gasteiger partial charge on any atom is 0.344 e. The predicted octanol–water partition coefficient (Wildman–Crippen LogP) is 0.0428. The number of hydrogen-bond donors (Lipinski definition) is 1. The number of amides is 1. The third-order valence-corrected chi connectivity index (χ3v) is 3.96. The lowest BCUT2D eigenvalue weighted by Crippen LogP contribution is -2.35. The first-order chi connectivity index (χ1) is 9.04. The van der Waals surface area contributed by atoms with Crippen LogP contribution in [0.15, 0.2) is 12.4 Å². The van der Waals surface area contributed by atoms with Crippen molar-refractivity contribution in [1.29, 1.82) is 0 Å². The third-order valence-electron chi connectivity index (χ3n) is 3.96. The van der Waals surface area contributed by atoms with Crippen LogP contribution in [0.4, 0.5) is 4.79 Å². The zero-order valence-corrected chi connectivity index (χ0v) is 10.7. The zero-order chi connectivity index (χ0) is 13.6. The van der Waals surface area contributed by atoms with Gasteiger partial charge in [0.05, 0.1) is 18.0 Å². The van der Waals surface area contributed by atoms with E-state index in [1.807, 2.05) is 0 Å². The average molecular weight is 264 g/mol. The van der Waals surface area contributed by atoms with Crippen LogP contribution in [-0.2, 0) is 0 Å². The summed E-state index contributed by atoms with van der Waals surface area (Å²) in [5.41, 5.74) is 0.0347. The van der Waals surface area contributed by atoms with Gasteiger partial charge in [-0.05, 0) is 18.9 Å². The van der Waals surface area contributed by atoms with Crippen molar-refractivity contribution in [3.05, 3.63) is 18.0 Å². The summed E-state index contributed by atoms with van der Waals surface area (Å²) in [6, 6.07) is -0.232. The number of carboxylic acids is 1. The minimum Gasteiger partial charge on any atom is -0.478 e. The quantitative estimate of drug-likeness (QED) is 0.775. The van der Waals surface area contributed by atoms with E-state index in [1.54, 1.807) is 4.90 Å². The maximum absolute atomic E-state index is 12.2. The number of aromatic carboxylic acids is 1. The van der Waals surface area contributed by atoms with Crippen LogP contribution in [0.2, 0.25) is 0 Å². The Labute approximate surface area is 110 Å². The number of carbonyl (C=O) groups is 2. The standard InChI is InChI=1S/C12H16N4O3/c1-14-3-9-5-15(6-10(9)4-14)12(19)16-7-8(2-13-16)11(17)18/h2,7,9-10H,3-6H2,1H3,(H,17,18). The Morgan fingerprint density at radius 3 is 2.42 bits per heavy atom. The van der Waals surface area contributed by atoms with Gasteiger partial charge in [0.25, 0.3) is 0 Å². The summed E-state index contributed by atoms with van der Waals surface area (Å²) in [7, 11) is 2.09. The van der Waals surface area contributed by atoms with Gasteiger partial charge in [0.15, 0.2) is 0 Å². The highest BCUT2D eigenvalue weighted by Crippen LogP contribution is 2.30. The van der Waals surface area contributed by atoms with Crippen LogP contribution in [0.5, 0.6) is 0 Å². The molecular weight excluding hydrogens is 248 g/mol. The Morgan fingerprint density at radius 2 is 1.89 bits per heavy atom. The molecule has 0 aromatic carbocycles. The van der Waals surface area contributed by atoms with E-state index in [0.29, 0.717) is 11.8 Å². The number of rotatable bonds is 1. The molecule has 19 heavy (non-hydrogen) atoms. The van der Waals surface area contributed by atoms with Crippen molar-refractivity contribution >= 4 is 12.0 Å². The SMILES string of the molecule is CN1CC2CN(C(=O)n3cc(C(=O)O)cn3)CC2C1. The number of likely N-dealkylation sites (tertiary alicyclic amines) is 2. The first-order valence-corrected chi connectivity index (χ1v) is 6.30. The van der Waals surface area contributed by atoms with Crippen molar-refractivity contribution in [3.63, 3.8) is 0 Å². The van der Waals surface area contributed by atoms with Crippen molar-refractivity contribution in [2.75, 3.05) is 33.2 Å². The molecule has 0 saturated carbocycles. The van der Waals surface area contributed by atoms with Gasteiger partial charge in [0.1, 0.15) is 0 Å². The molecule has 0 aliphatic carbocycles. The van der Waals surface area contributed by atoms with E-state index >= 15 is 0 Å². The molecule has 2 aliphatic rings. The van der Waals surface area contributed by atoms with E-state index in [1.165, 1.54) is 12.4 Å². The molecule has 2 fully saturated rings. The van der Waals surface area contributed by atoms with Gasteiger partial charge in [0.2, 0.25) is 0 Å². The summed E-state index contributed by atoms with van der Waals surface area (Å²) < 4.78 is 1.12. The van der Waals surface area contributed by atoms with Gasteiger partial charge in [-0.15, -0.1) is 0 Å². The van der Waals surface area contributed by atoms with Crippen LogP contribution in [0.25, 0.3) is 0 Å². The van der Waals surface area contributed by atoms with Crippen molar-refractivity contribution < 1.29 is 14.7 Å². The van der Waals surface area contributed by atoms with E-state index in [2.05, 4.69) is 17.0 Å². The first-order valence-electron chi connectivity index (χ1n) is 6.30. The molecular formula is C12H16N4O3. The average Bonchev–Trinajstić information content (AvgIpc) is 3.00. The van der Waals surface area contributed by atoms with Crippen LogP contribution in [0.3, 0.4) is 0 Å². The van der Waals surface area contributed by atoms with Crippen LogP contribution >= 0.6 is 0 Å². The summed E-state index contributed by atoms with van der Waals surface area (Å²) in [6.07, 6.45) is 2.47. The highest BCUT2D eigenvalue weighted by molar-refractivity contribution is 5.88. The molecule has 7 nitrogen and oxygen atoms in total. The second-order valence-corrected chi connectivity index (χ2v) is 5.41. The molecule has 2 atom stereocenters. The molecule has 102 valence electrons. The summed E-state index contributed by atoms with van der Waals surface area (Å²) in [5, 5.41) is 12.6. The normalized spacial score (nSPS) is 26.7. The lowest BCUT2D eigenvalue weighted by Gasteiger charge is -2.18. The van der Waals surface area contributed by atoms with E-state index in [4.69, 9.17) is 5.11 Å². The zero-order valence-electron chi connectivity index (χ0n) is 10.7. The van der Waals surface area contributed by atoms with E-state index in [-0.39, 0.29) is 11.6 Å². The van der Waals surface area contributed by atoms with Crippen LogP contribution < -0.4 is 0 Å². The molecule has 1 aromatic heterocycles. The Bertz CT molecular complexity index is 513. The fraction of sp³-hybridized carbons (Fsp3) is 0.583. The Hall–Kier alpha value is -1.89. The number of nitrogens with zero attached hydrogens (tertiary/aromatic N) is 4. The van der Waals surface area contributed by atoms with Crippen LogP contribution in [0, 0.1) is 11.8 Å². The second kappa shape index (κ2) is 4.34.